The molecular weight excluding hydrogens is 285 g/mol. The van der Waals surface area contributed by atoms with Crippen molar-refractivity contribution in [3.63, 3.8) is 0 Å². The first-order valence-corrected chi connectivity index (χ1v) is 7.51. The van der Waals surface area contributed by atoms with Gasteiger partial charge < -0.3 is 5.32 Å². The smallest absolute Gasteiger partial charge is 0.0468 e. The molecule has 0 saturated heterocycles. The van der Waals surface area contributed by atoms with E-state index in [2.05, 4.69) is 29.8 Å². The van der Waals surface area contributed by atoms with Gasteiger partial charge in [-0.05, 0) is 42.5 Å². The highest BCUT2D eigenvalue weighted by molar-refractivity contribution is 7.09. The molecule has 1 nitrogen and oxygen atoms in total. The molecule has 0 fully saturated rings. The molecule has 0 radical (unpaired) electrons. The van der Waals surface area contributed by atoms with Crippen LogP contribution in [0.25, 0.3) is 0 Å². The molecule has 2 aromatic rings. The highest BCUT2D eigenvalue weighted by atomic mass is 35.5. The average Bonchev–Trinajstić information content (AvgIpc) is 2.81. The molecule has 0 bridgehead atoms. The minimum atomic E-state index is 0.231. The van der Waals surface area contributed by atoms with Crippen molar-refractivity contribution in [3.05, 3.63) is 56.2 Å². The van der Waals surface area contributed by atoms with Crippen LogP contribution in [0.5, 0.6) is 0 Å². The van der Waals surface area contributed by atoms with Crippen molar-refractivity contribution in [3.8, 4) is 0 Å². The van der Waals surface area contributed by atoms with Crippen molar-refractivity contribution >= 4 is 34.5 Å². The second-order valence-corrected chi connectivity index (χ2v) is 6.05. The van der Waals surface area contributed by atoms with E-state index in [1.54, 1.807) is 17.4 Å². The maximum absolute atomic E-state index is 6.18. The fourth-order valence-electron chi connectivity index (χ4n) is 1.83. The van der Waals surface area contributed by atoms with Crippen LogP contribution < -0.4 is 5.32 Å². The van der Waals surface area contributed by atoms with Gasteiger partial charge in [-0.1, -0.05) is 35.3 Å². The van der Waals surface area contributed by atoms with E-state index < -0.39 is 0 Å². The lowest BCUT2D eigenvalue weighted by molar-refractivity contribution is 0.579. The minimum absolute atomic E-state index is 0.231. The van der Waals surface area contributed by atoms with Crippen LogP contribution in [-0.2, 0) is 6.42 Å². The van der Waals surface area contributed by atoms with Crippen LogP contribution in [0.15, 0.2) is 35.7 Å². The number of hydrogen-bond donors (Lipinski definition) is 1. The molecule has 18 heavy (non-hydrogen) atoms. The second kappa shape index (κ2) is 6.58. The Kier molecular flexibility index (Phi) is 5.07. The van der Waals surface area contributed by atoms with Gasteiger partial charge in [-0.3, -0.25) is 0 Å². The summed E-state index contributed by atoms with van der Waals surface area (Å²) in [5.41, 5.74) is 1.09. The molecule has 4 heteroatoms. The number of rotatable bonds is 5. The fourth-order valence-corrected chi connectivity index (χ4v) is 3.11. The van der Waals surface area contributed by atoms with Crippen LogP contribution in [-0.4, -0.2) is 6.54 Å². The normalized spacial score (nSPS) is 12.6. The molecular formula is C14H15Cl2NS. The highest BCUT2D eigenvalue weighted by Gasteiger charge is 2.09. The van der Waals surface area contributed by atoms with Gasteiger partial charge in [-0.15, -0.1) is 11.3 Å². The summed E-state index contributed by atoms with van der Waals surface area (Å²) in [4.78, 5) is 1.40. The number of nitrogens with one attached hydrogen (secondary N) is 1. The fraction of sp³-hybridized carbons (Fsp3) is 0.286. The van der Waals surface area contributed by atoms with E-state index in [0.717, 1.165) is 23.6 Å². The third-order valence-corrected chi connectivity index (χ3v) is 4.33. The maximum atomic E-state index is 6.18. The number of halogens is 2. The van der Waals surface area contributed by atoms with Crippen molar-refractivity contribution in [2.75, 3.05) is 6.54 Å². The van der Waals surface area contributed by atoms with E-state index in [9.17, 15) is 0 Å². The third kappa shape index (κ3) is 3.72. The summed E-state index contributed by atoms with van der Waals surface area (Å²) in [5.74, 6) is 0. The van der Waals surface area contributed by atoms with Crippen molar-refractivity contribution in [2.45, 2.75) is 19.4 Å². The molecule has 0 aliphatic heterocycles. The first-order chi connectivity index (χ1) is 8.66. The van der Waals surface area contributed by atoms with Crippen molar-refractivity contribution in [1.29, 1.82) is 0 Å². The van der Waals surface area contributed by atoms with Gasteiger partial charge in [-0.25, -0.2) is 0 Å². The van der Waals surface area contributed by atoms with E-state index >= 15 is 0 Å². The van der Waals surface area contributed by atoms with E-state index in [4.69, 9.17) is 23.2 Å². The Hall–Kier alpha value is -0.540. The predicted molar refractivity (Wildman–Crippen MR) is 80.9 cm³/mol. The molecule has 96 valence electrons. The van der Waals surface area contributed by atoms with Crippen LogP contribution in [0, 0.1) is 0 Å². The second-order valence-electron chi connectivity index (χ2n) is 4.17. The van der Waals surface area contributed by atoms with Crippen LogP contribution in [0.1, 0.15) is 23.4 Å². The first-order valence-electron chi connectivity index (χ1n) is 5.87. The highest BCUT2D eigenvalue weighted by Crippen LogP contribution is 2.26. The zero-order chi connectivity index (χ0) is 13.0. The maximum Gasteiger partial charge on any atom is 0.0468 e. The Labute approximate surface area is 122 Å². The molecule has 1 N–H and O–H groups in total. The van der Waals surface area contributed by atoms with E-state index in [1.807, 2.05) is 12.1 Å². The van der Waals surface area contributed by atoms with Gasteiger partial charge in [0.2, 0.25) is 0 Å². The van der Waals surface area contributed by atoms with Gasteiger partial charge in [0.25, 0.3) is 0 Å². The van der Waals surface area contributed by atoms with Crippen molar-refractivity contribution in [1.82, 2.24) is 5.32 Å². The monoisotopic (exact) mass is 299 g/mol. The Morgan fingerprint density at radius 1 is 1.28 bits per heavy atom. The molecule has 1 unspecified atom stereocenters. The van der Waals surface area contributed by atoms with E-state index in [1.165, 1.54) is 4.88 Å². The van der Waals surface area contributed by atoms with Crippen molar-refractivity contribution < 1.29 is 0 Å². The molecule has 1 heterocycles. The van der Waals surface area contributed by atoms with Gasteiger partial charge >= 0.3 is 0 Å². The summed E-state index contributed by atoms with van der Waals surface area (Å²) in [6, 6.07) is 10.1. The van der Waals surface area contributed by atoms with Gasteiger partial charge in [-0.2, -0.15) is 0 Å². The molecule has 1 aromatic heterocycles. The first kappa shape index (κ1) is 13.9. The van der Waals surface area contributed by atoms with Gasteiger partial charge in [0.1, 0.15) is 0 Å². The topological polar surface area (TPSA) is 12.0 Å². The summed E-state index contributed by atoms with van der Waals surface area (Å²) in [6.45, 7) is 3.06. The summed E-state index contributed by atoms with van der Waals surface area (Å²) < 4.78 is 0. The van der Waals surface area contributed by atoms with Gasteiger partial charge in [0, 0.05) is 27.5 Å². The van der Waals surface area contributed by atoms with Crippen LogP contribution in [0.2, 0.25) is 10.0 Å². The zero-order valence-electron chi connectivity index (χ0n) is 10.1. The lowest BCUT2D eigenvalue weighted by Gasteiger charge is -2.15. The summed E-state index contributed by atoms with van der Waals surface area (Å²) in [7, 11) is 0. The van der Waals surface area contributed by atoms with E-state index in [0.29, 0.717) is 5.02 Å². The van der Waals surface area contributed by atoms with E-state index in [-0.39, 0.29) is 6.04 Å². The SMILES string of the molecule is CC(NCCc1cccs1)c1ccc(Cl)cc1Cl. The van der Waals surface area contributed by atoms with Crippen molar-refractivity contribution in [2.24, 2.45) is 0 Å². The average molecular weight is 300 g/mol. The number of hydrogen-bond acceptors (Lipinski definition) is 2. The lowest BCUT2D eigenvalue weighted by atomic mass is 10.1. The molecule has 0 spiro atoms. The molecule has 0 aliphatic rings. The molecule has 0 amide bonds. The van der Waals surface area contributed by atoms with Crippen LogP contribution >= 0.6 is 34.5 Å². The van der Waals surface area contributed by atoms with Gasteiger partial charge in [0.15, 0.2) is 0 Å². The molecule has 0 saturated carbocycles. The van der Waals surface area contributed by atoms with Crippen LogP contribution in [0.4, 0.5) is 0 Å². The number of benzene rings is 1. The zero-order valence-corrected chi connectivity index (χ0v) is 12.4. The molecule has 0 aliphatic carbocycles. The standard InChI is InChI=1S/C14H15Cl2NS/c1-10(13-5-4-11(15)9-14(13)16)17-7-6-12-3-2-8-18-12/h2-5,8-10,17H,6-7H2,1H3. The Bertz CT molecular complexity index is 497. The summed E-state index contributed by atoms with van der Waals surface area (Å²) >= 11 is 13.9. The Morgan fingerprint density at radius 2 is 2.11 bits per heavy atom. The largest absolute Gasteiger partial charge is 0.310 e. The predicted octanol–water partition coefficient (Wildman–Crippen LogP) is 4.95. The molecule has 1 atom stereocenters. The number of thiophene rings is 1. The Morgan fingerprint density at radius 3 is 2.78 bits per heavy atom. The summed E-state index contributed by atoms with van der Waals surface area (Å²) in [5, 5.41) is 6.98. The summed E-state index contributed by atoms with van der Waals surface area (Å²) in [6.07, 6.45) is 1.05. The van der Waals surface area contributed by atoms with Crippen LogP contribution in [0.3, 0.4) is 0 Å². The minimum Gasteiger partial charge on any atom is -0.310 e. The third-order valence-electron chi connectivity index (χ3n) is 2.83. The molecule has 2 rings (SSSR count). The van der Waals surface area contributed by atoms with Gasteiger partial charge in [0.05, 0.1) is 0 Å². The molecule has 1 aromatic carbocycles. The lowest BCUT2D eigenvalue weighted by Crippen LogP contribution is -2.21. The Balaban J connectivity index is 1.89. The quantitative estimate of drug-likeness (QED) is 0.824.